The van der Waals surface area contributed by atoms with Crippen LogP contribution in [0.2, 0.25) is 0 Å². The maximum absolute atomic E-state index is 12.9. The Balaban J connectivity index is 2.32. The molecular formula is C22H26N2O4S. The molecule has 0 bridgehead atoms. The van der Waals surface area contributed by atoms with Gasteiger partial charge in [-0.2, -0.15) is 0 Å². The van der Waals surface area contributed by atoms with Gasteiger partial charge in [-0.05, 0) is 33.3 Å². The molecule has 2 rings (SSSR count). The van der Waals surface area contributed by atoms with Gasteiger partial charge in [0.05, 0.1) is 0 Å². The molecule has 0 saturated heterocycles. The summed E-state index contributed by atoms with van der Waals surface area (Å²) in [4.78, 5) is 38.8. The summed E-state index contributed by atoms with van der Waals surface area (Å²) in [5.74, 6) is -1.21. The van der Waals surface area contributed by atoms with Crippen molar-refractivity contribution in [2.24, 2.45) is 0 Å². The number of benzene rings is 1. The minimum absolute atomic E-state index is 0.254. The minimum atomic E-state index is -0.641. The second kappa shape index (κ2) is 10.6. The minimum Gasteiger partial charge on any atom is -0.452 e. The van der Waals surface area contributed by atoms with Crippen LogP contribution in [0.15, 0.2) is 47.4 Å². The largest absolute Gasteiger partial charge is 0.452 e. The summed E-state index contributed by atoms with van der Waals surface area (Å²) in [5, 5.41) is 4.95. The molecule has 0 unspecified atom stereocenters. The number of carbonyl (C=O) groups is 3. The van der Waals surface area contributed by atoms with E-state index in [0.717, 1.165) is 11.1 Å². The van der Waals surface area contributed by atoms with Crippen LogP contribution >= 0.6 is 11.3 Å². The van der Waals surface area contributed by atoms with Crippen molar-refractivity contribution >= 4 is 34.1 Å². The van der Waals surface area contributed by atoms with Gasteiger partial charge in [0.2, 0.25) is 5.91 Å². The number of esters is 1. The van der Waals surface area contributed by atoms with Crippen LogP contribution in [0, 0.1) is 0 Å². The van der Waals surface area contributed by atoms with Crippen LogP contribution in [0.1, 0.15) is 38.1 Å². The molecule has 0 atom stereocenters. The zero-order chi connectivity index (χ0) is 21.4. The third kappa shape index (κ3) is 6.02. The number of nitrogens with one attached hydrogen (secondary N) is 1. The summed E-state index contributed by atoms with van der Waals surface area (Å²) >= 11 is 1.25. The van der Waals surface area contributed by atoms with Gasteiger partial charge in [0.25, 0.3) is 5.91 Å². The van der Waals surface area contributed by atoms with Crippen LogP contribution < -0.4 is 5.32 Å². The zero-order valence-electron chi connectivity index (χ0n) is 17.2. The van der Waals surface area contributed by atoms with Crippen LogP contribution in [0.25, 0.3) is 11.1 Å². The number of amides is 2. The molecule has 154 valence electrons. The van der Waals surface area contributed by atoms with E-state index in [2.05, 4.69) is 5.32 Å². The van der Waals surface area contributed by atoms with Crippen LogP contribution in [0.3, 0.4) is 0 Å². The molecule has 0 aliphatic rings. The van der Waals surface area contributed by atoms with Crippen molar-refractivity contribution in [2.45, 2.75) is 27.7 Å². The Kier molecular flexibility index (Phi) is 8.15. The van der Waals surface area contributed by atoms with E-state index in [0.29, 0.717) is 23.7 Å². The average molecular weight is 415 g/mol. The van der Waals surface area contributed by atoms with Crippen molar-refractivity contribution < 1.29 is 19.1 Å². The smallest absolute Gasteiger partial charge is 0.342 e. The number of anilines is 1. The fraction of sp³-hybridized carbons (Fsp3) is 0.318. The molecule has 1 N–H and O–H groups in total. The van der Waals surface area contributed by atoms with E-state index in [1.54, 1.807) is 10.3 Å². The first-order chi connectivity index (χ1) is 13.9. The lowest BCUT2D eigenvalue weighted by atomic mass is 10.0. The molecular weight excluding hydrogens is 388 g/mol. The zero-order valence-corrected chi connectivity index (χ0v) is 18.0. The first-order valence-electron chi connectivity index (χ1n) is 9.45. The van der Waals surface area contributed by atoms with Gasteiger partial charge in [-0.1, -0.05) is 35.9 Å². The lowest BCUT2D eigenvalue weighted by molar-refractivity contribution is -0.134. The molecule has 6 nitrogen and oxygen atoms in total. The molecule has 0 spiro atoms. The van der Waals surface area contributed by atoms with Gasteiger partial charge in [0.1, 0.15) is 10.6 Å². The highest BCUT2D eigenvalue weighted by atomic mass is 32.1. The summed E-state index contributed by atoms with van der Waals surface area (Å²) in [5.41, 5.74) is 2.58. The Morgan fingerprint density at radius 2 is 1.76 bits per heavy atom. The van der Waals surface area contributed by atoms with Crippen molar-refractivity contribution in [2.75, 3.05) is 25.0 Å². The molecule has 0 fully saturated rings. The third-order valence-corrected chi connectivity index (χ3v) is 5.07. The number of hydrogen-bond acceptors (Lipinski definition) is 5. The van der Waals surface area contributed by atoms with E-state index >= 15 is 0 Å². The molecule has 0 aliphatic carbocycles. The number of carbonyl (C=O) groups excluding carboxylic acids is 3. The second-order valence-corrected chi connectivity index (χ2v) is 7.45. The maximum atomic E-state index is 12.9. The average Bonchev–Trinajstić information content (AvgIpc) is 3.10. The molecule has 29 heavy (non-hydrogen) atoms. The quantitative estimate of drug-likeness (QED) is 0.515. The number of allylic oxidation sites excluding steroid dienone is 1. The van der Waals surface area contributed by atoms with Crippen LogP contribution in [0.4, 0.5) is 5.00 Å². The monoisotopic (exact) mass is 414 g/mol. The van der Waals surface area contributed by atoms with Crippen molar-refractivity contribution in [3.63, 3.8) is 0 Å². The van der Waals surface area contributed by atoms with Gasteiger partial charge >= 0.3 is 5.97 Å². The Morgan fingerprint density at radius 3 is 2.34 bits per heavy atom. The van der Waals surface area contributed by atoms with E-state index in [1.165, 1.54) is 17.4 Å². The van der Waals surface area contributed by atoms with Crippen molar-refractivity contribution in [1.82, 2.24) is 4.90 Å². The number of hydrogen-bond donors (Lipinski definition) is 1. The van der Waals surface area contributed by atoms with Crippen molar-refractivity contribution in [1.29, 1.82) is 0 Å². The standard InChI is InChI=1S/C22H26N2O4S/c1-5-24(6-2)19(26)13-28-22(27)20-17(16-10-8-7-9-11-16)14-29-21(20)23-18(25)12-15(3)4/h7-12,14H,5-6,13H2,1-4H3,(H,23,25). The SMILES string of the molecule is CCN(CC)C(=O)COC(=O)c1c(-c2ccccc2)csc1NC(=O)C=C(C)C. The van der Waals surface area contributed by atoms with E-state index in [4.69, 9.17) is 4.74 Å². The highest BCUT2D eigenvalue weighted by Gasteiger charge is 2.24. The highest BCUT2D eigenvalue weighted by molar-refractivity contribution is 7.15. The topological polar surface area (TPSA) is 75.7 Å². The predicted molar refractivity (Wildman–Crippen MR) is 116 cm³/mol. The van der Waals surface area contributed by atoms with Crippen molar-refractivity contribution in [3.8, 4) is 11.1 Å². The second-order valence-electron chi connectivity index (χ2n) is 6.57. The van der Waals surface area contributed by atoms with E-state index in [9.17, 15) is 14.4 Å². The van der Waals surface area contributed by atoms with Crippen LogP contribution in [-0.2, 0) is 14.3 Å². The van der Waals surface area contributed by atoms with Crippen LogP contribution in [0.5, 0.6) is 0 Å². The van der Waals surface area contributed by atoms with Crippen molar-refractivity contribution in [3.05, 3.63) is 52.9 Å². The molecule has 0 radical (unpaired) electrons. The molecule has 2 aromatic rings. The van der Waals surface area contributed by atoms with Gasteiger partial charge in [-0.25, -0.2) is 4.79 Å². The maximum Gasteiger partial charge on any atom is 0.342 e. The Labute approximate surface area is 175 Å². The van der Waals surface area contributed by atoms with E-state index in [-0.39, 0.29) is 24.0 Å². The summed E-state index contributed by atoms with van der Waals surface area (Å²) in [6.45, 7) is 8.12. The van der Waals surface area contributed by atoms with Gasteiger partial charge in [-0.15, -0.1) is 11.3 Å². The first-order valence-corrected chi connectivity index (χ1v) is 10.3. The number of rotatable bonds is 8. The fourth-order valence-electron chi connectivity index (χ4n) is 2.76. The molecule has 1 aromatic heterocycles. The van der Waals surface area contributed by atoms with Gasteiger partial charge in [0, 0.05) is 30.1 Å². The predicted octanol–water partition coefficient (Wildman–Crippen LogP) is 4.35. The Morgan fingerprint density at radius 1 is 1.10 bits per heavy atom. The lowest BCUT2D eigenvalue weighted by Crippen LogP contribution is -2.34. The summed E-state index contributed by atoms with van der Waals surface area (Å²) in [7, 11) is 0. The normalized spacial score (nSPS) is 10.2. The molecule has 0 saturated carbocycles. The molecule has 7 heteroatoms. The van der Waals surface area contributed by atoms with E-state index in [1.807, 2.05) is 58.0 Å². The molecule has 1 heterocycles. The molecule has 1 aromatic carbocycles. The van der Waals surface area contributed by atoms with E-state index < -0.39 is 5.97 Å². The third-order valence-electron chi connectivity index (χ3n) is 4.18. The Hall–Kier alpha value is -2.93. The number of nitrogens with zero attached hydrogens (tertiary/aromatic N) is 1. The Bertz CT molecular complexity index is 895. The summed E-state index contributed by atoms with van der Waals surface area (Å²) in [6, 6.07) is 9.37. The number of likely N-dealkylation sites (N-methyl/N-ethyl adjacent to an activating group) is 1. The lowest BCUT2D eigenvalue weighted by Gasteiger charge is -2.18. The van der Waals surface area contributed by atoms with Gasteiger partial charge < -0.3 is 15.0 Å². The molecule has 0 aliphatic heterocycles. The van der Waals surface area contributed by atoms with Crippen LogP contribution in [-0.4, -0.2) is 42.4 Å². The highest BCUT2D eigenvalue weighted by Crippen LogP contribution is 2.36. The summed E-state index contributed by atoms with van der Waals surface area (Å²) in [6.07, 6.45) is 1.46. The summed E-state index contributed by atoms with van der Waals surface area (Å²) < 4.78 is 5.31. The number of ether oxygens (including phenoxy) is 1. The fourth-order valence-corrected chi connectivity index (χ4v) is 3.72. The van der Waals surface area contributed by atoms with Gasteiger partial charge in [0.15, 0.2) is 6.61 Å². The van der Waals surface area contributed by atoms with Gasteiger partial charge in [-0.3, -0.25) is 9.59 Å². The first kappa shape index (κ1) is 22.4. The molecule has 2 amide bonds. The number of thiophene rings is 1.